The van der Waals surface area contributed by atoms with Gasteiger partial charge in [-0.15, -0.1) is 11.3 Å². The van der Waals surface area contributed by atoms with Crippen molar-refractivity contribution < 1.29 is 17.9 Å². The number of aromatic nitrogens is 2. The molecule has 2 rings (SSSR count). The molecule has 0 unspecified atom stereocenters. The van der Waals surface area contributed by atoms with Crippen LogP contribution < -0.4 is 10.5 Å². The summed E-state index contributed by atoms with van der Waals surface area (Å²) >= 11 is 1.20. The van der Waals surface area contributed by atoms with Gasteiger partial charge in [-0.3, -0.25) is 4.98 Å². The van der Waals surface area contributed by atoms with Gasteiger partial charge in [-0.1, -0.05) is 6.58 Å². The Labute approximate surface area is 146 Å². The molecule has 0 aliphatic heterocycles. The van der Waals surface area contributed by atoms with Crippen molar-refractivity contribution in [2.24, 2.45) is 10.7 Å². The summed E-state index contributed by atoms with van der Waals surface area (Å²) in [6.45, 7) is 5.34. The van der Waals surface area contributed by atoms with Gasteiger partial charge in [0.25, 0.3) is 0 Å². The van der Waals surface area contributed by atoms with E-state index in [9.17, 15) is 13.2 Å². The number of thiazole rings is 1. The third-order valence-corrected chi connectivity index (χ3v) is 3.58. The Morgan fingerprint density at radius 1 is 1.36 bits per heavy atom. The molecular formula is C16H15F3N4OS. The summed E-state index contributed by atoms with van der Waals surface area (Å²) in [4.78, 5) is 12.4. The highest BCUT2D eigenvalue weighted by Gasteiger charge is 2.29. The quantitative estimate of drug-likeness (QED) is 0.469. The molecule has 2 aromatic heterocycles. The predicted octanol–water partition coefficient (Wildman–Crippen LogP) is 4.27. The average Bonchev–Trinajstić information content (AvgIpc) is 3.01. The third-order valence-electron chi connectivity index (χ3n) is 2.85. The molecule has 0 amide bonds. The lowest BCUT2D eigenvalue weighted by molar-refractivity contribution is -0.0878. The Kier molecular flexibility index (Phi) is 5.92. The SMILES string of the molecule is C=C(/C=C\C(N)=N\c1nc(-c2ccc(OCC)cn2)cs1)C(F)(F)F. The molecule has 0 fully saturated rings. The second-order valence-electron chi connectivity index (χ2n) is 4.72. The van der Waals surface area contributed by atoms with Gasteiger partial charge in [0.1, 0.15) is 17.3 Å². The molecule has 2 heterocycles. The van der Waals surface area contributed by atoms with Gasteiger partial charge >= 0.3 is 6.18 Å². The first-order chi connectivity index (χ1) is 11.8. The second kappa shape index (κ2) is 7.93. The predicted molar refractivity (Wildman–Crippen MR) is 92.1 cm³/mol. The summed E-state index contributed by atoms with van der Waals surface area (Å²) in [6.07, 6.45) is -1.11. The van der Waals surface area contributed by atoms with E-state index < -0.39 is 11.7 Å². The third kappa shape index (κ3) is 5.42. The number of allylic oxidation sites excluding steroid dienone is 2. The Bertz CT molecular complexity index is 794. The number of alkyl halides is 3. The Balaban J connectivity index is 2.10. The molecule has 0 aliphatic rings. The molecule has 0 aromatic carbocycles. The molecule has 0 spiro atoms. The fourth-order valence-corrected chi connectivity index (χ4v) is 2.34. The molecule has 2 N–H and O–H groups in total. The van der Waals surface area contributed by atoms with Crippen molar-refractivity contribution in [3.05, 3.63) is 48.0 Å². The number of aliphatic imine (C=N–C) groups is 1. The number of amidine groups is 1. The van der Waals surface area contributed by atoms with Crippen molar-refractivity contribution in [1.82, 2.24) is 9.97 Å². The highest BCUT2D eigenvalue weighted by Crippen LogP contribution is 2.27. The van der Waals surface area contributed by atoms with Gasteiger partial charge in [-0.2, -0.15) is 13.2 Å². The number of nitrogens with zero attached hydrogens (tertiary/aromatic N) is 3. The van der Waals surface area contributed by atoms with Gasteiger partial charge in [0.2, 0.25) is 5.13 Å². The van der Waals surface area contributed by atoms with Crippen LogP contribution in [0.4, 0.5) is 18.3 Å². The van der Waals surface area contributed by atoms with Crippen molar-refractivity contribution in [2.45, 2.75) is 13.1 Å². The first-order valence-corrected chi connectivity index (χ1v) is 8.00. The number of pyridine rings is 1. The van der Waals surface area contributed by atoms with Crippen LogP contribution in [0.5, 0.6) is 5.75 Å². The van der Waals surface area contributed by atoms with Crippen LogP contribution in [0.3, 0.4) is 0 Å². The minimum Gasteiger partial charge on any atom is -0.492 e. The summed E-state index contributed by atoms with van der Waals surface area (Å²) in [5.74, 6) is 0.546. The van der Waals surface area contributed by atoms with Crippen molar-refractivity contribution >= 4 is 22.3 Å². The molecule has 9 heteroatoms. The Hall–Kier alpha value is -2.68. The average molecular weight is 368 g/mol. The van der Waals surface area contributed by atoms with Crippen molar-refractivity contribution in [3.63, 3.8) is 0 Å². The lowest BCUT2D eigenvalue weighted by Gasteiger charge is -2.04. The van der Waals surface area contributed by atoms with Crippen LogP contribution in [0.2, 0.25) is 0 Å². The lowest BCUT2D eigenvalue weighted by atomic mass is 10.2. The molecule has 0 radical (unpaired) electrons. The molecule has 0 aliphatic carbocycles. The fourth-order valence-electron chi connectivity index (χ4n) is 1.65. The van der Waals surface area contributed by atoms with Crippen LogP contribution in [-0.2, 0) is 0 Å². The van der Waals surface area contributed by atoms with E-state index in [2.05, 4.69) is 21.5 Å². The molecule has 0 saturated heterocycles. The largest absolute Gasteiger partial charge is 0.492 e. The number of nitrogens with two attached hydrogens (primary N) is 1. The maximum absolute atomic E-state index is 12.3. The summed E-state index contributed by atoms with van der Waals surface area (Å²) in [5, 5.41) is 2.04. The number of hydrogen-bond acceptors (Lipinski definition) is 5. The molecular weight excluding hydrogens is 353 g/mol. The van der Waals surface area contributed by atoms with Gasteiger partial charge < -0.3 is 10.5 Å². The number of halogens is 3. The van der Waals surface area contributed by atoms with E-state index in [1.807, 2.05) is 6.92 Å². The Morgan fingerprint density at radius 3 is 2.72 bits per heavy atom. The molecule has 0 bridgehead atoms. The van der Waals surface area contributed by atoms with E-state index in [1.165, 1.54) is 11.3 Å². The molecule has 0 atom stereocenters. The van der Waals surface area contributed by atoms with E-state index in [-0.39, 0.29) is 5.84 Å². The van der Waals surface area contributed by atoms with Gasteiger partial charge in [0.15, 0.2) is 0 Å². The summed E-state index contributed by atoms with van der Waals surface area (Å²) in [5.41, 5.74) is 5.79. The van der Waals surface area contributed by atoms with Gasteiger partial charge in [0.05, 0.1) is 18.5 Å². The van der Waals surface area contributed by atoms with Crippen LogP contribution >= 0.6 is 11.3 Å². The topological polar surface area (TPSA) is 73.4 Å². The molecule has 0 saturated carbocycles. The zero-order chi connectivity index (χ0) is 18.4. The van der Waals surface area contributed by atoms with Crippen LogP contribution in [0.1, 0.15) is 6.92 Å². The summed E-state index contributed by atoms with van der Waals surface area (Å²) in [7, 11) is 0. The minimum absolute atomic E-state index is 0.106. The Morgan fingerprint density at radius 2 is 2.12 bits per heavy atom. The fraction of sp³-hybridized carbons (Fsp3) is 0.188. The maximum atomic E-state index is 12.3. The summed E-state index contributed by atoms with van der Waals surface area (Å²) in [6, 6.07) is 3.53. The lowest BCUT2D eigenvalue weighted by Crippen LogP contribution is -2.11. The van der Waals surface area contributed by atoms with E-state index in [4.69, 9.17) is 10.5 Å². The monoisotopic (exact) mass is 368 g/mol. The zero-order valence-electron chi connectivity index (χ0n) is 13.2. The first-order valence-electron chi connectivity index (χ1n) is 7.12. The van der Waals surface area contributed by atoms with Gasteiger partial charge in [0, 0.05) is 11.0 Å². The number of hydrogen-bond donors (Lipinski definition) is 1. The maximum Gasteiger partial charge on any atom is 0.415 e. The minimum atomic E-state index is -4.50. The van der Waals surface area contributed by atoms with Crippen molar-refractivity contribution in [3.8, 4) is 17.1 Å². The molecule has 5 nitrogen and oxygen atoms in total. The number of rotatable bonds is 6. The second-order valence-corrected chi connectivity index (χ2v) is 5.56. The van der Waals surface area contributed by atoms with Crippen LogP contribution in [0.25, 0.3) is 11.4 Å². The normalized spacial score (nSPS) is 12.6. The highest BCUT2D eigenvalue weighted by molar-refractivity contribution is 7.13. The first kappa shape index (κ1) is 18.7. The standard InChI is InChI=1S/C16H15F3N4OS/c1-3-24-11-5-6-12(21-8-11)13-9-25-15(22-13)23-14(20)7-4-10(2)16(17,18)19/h4-9H,2-3H2,1H3,(H2,20,22,23)/b7-4-. The molecule has 2 aromatic rings. The van der Waals surface area contributed by atoms with E-state index in [0.29, 0.717) is 28.9 Å². The van der Waals surface area contributed by atoms with Crippen LogP contribution in [0.15, 0.2) is 53.0 Å². The molecule has 132 valence electrons. The zero-order valence-corrected chi connectivity index (χ0v) is 14.1. The smallest absolute Gasteiger partial charge is 0.415 e. The van der Waals surface area contributed by atoms with Gasteiger partial charge in [-0.25, -0.2) is 9.98 Å². The van der Waals surface area contributed by atoms with Crippen molar-refractivity contribution in [2.75, 3.05) is 6.61 Å². The molecule has 25 heavy (non-hydrogen) atoms. The van der Waals surface area contributed by atoms with Gasteiger partial charge in [-0.05, 0) is 31.2 Å². The highest BCUT2D eigenvalue weighted by atomic mass is 32.1. The van der Waals surface area contributed by atoms with E-state index in [0.717, 1.165) is 12.2 Å². The van der Waals surface area contributed by atoms with Crippen molar-refractivity contribution in [1.29, 1.82) is 0 Å². The van der Waals surface area contributed by atoms with E-state index in [1.54, 1.807) is 23.7 Å². The number of ether oxygens (including phenoxy) is 1. The van der Waals surface area contributed by atoms with Crippen LogP contribution in [0, 0.1) is 0 Å². The summed E-state index contributed by atoms with van der Waals surface area (Å²) < 4.78 is 42.3. The van der Waals surface area contributed by atoms with E-state index >= 15 is 0 Å². The van der Waals surface area contributed by atoms with Crippen LogP contribution in [-0.4, -0.2) is 28.6 Å².